The first kappa shape index (κ1) is 15.4. The summed E-state index contributed by atoms with van der Waals surface area (Å²) in [4.78, 5) is 21.3. The third kappa shape index (κ3) is 2.63. The summed E-state index contributed by atoms with van der Waals surface area (Å²) >= 11 is 1.56. The topological polar surface area (TPSA) is 38.1 Å². The molecule has 24 heavy (non-hydrogen) atoms. The lowest BCUT2D eigenvalue weighted by atomic mass is 10.1. The maximum absolute atomic E-state index is 12.7. The maximum Gasteiger partial charge on any atom is 0.263 e. The zero-order valence-corrected chi connectivity index (χ0v) is 14.7. The number of benzene rings is 1. The van der Waals surface area contributed by atoms with Crippen LogP contribution in [-0.2, 0) is 6.54 Å². The summed E-state index contributed by atoms with van der Waals surface area (Å²) in [5, 5.41) is 0. The van der Waals surface area contributed by atoms with Crippen molar-refractivity contribution in [2.24, 2.45) is 0 Å². The molecule has 0 bridgehead atoms. The highest BCUT2D eigenvalue weighted by Gasteiger charge is 2.21. The Balaban J connectivity index is 1.68. The van der Waals surface area contributed by atoms with Crippen molar-refractivity contribution >= 4 is 28.3 Å². The fraction of sp³-hybridized carbons (Fsp3) is 0.368. The molecule has 124 valence electrons. The number of piperidine rings is 1. The van der Waals surface area contributed by atoms with Crippen molar-refractivity contribution in [1.29, 1.82) is 0 Å². The molecule has 0 spiro atoms. The minimum atomic E-state index is 0.171. The largest absolute Gasteiger partial charge is 0.338 e. The van der Waals surface area contributed by atoms with Crippen LogP contribution in [0.3, 0.4) is 0 Å². The summed E-state index contributed by atoms with van der Waals surface area (Å²) in [5.41, 5.74) is 2.15. The van der Waals surface area contributed by atoms with Crippen LogP contribution >= 0.6 is 11.3 Å². The van der Waals surface area contributed by atoms with Crippen LogP contribution in [0.2, 0.25) is 0 Å². The van der Waals surface area contributed by atoms with Gasteiger partial charge in [0.05, 0.1) is 20.8 Å². The van der Waals surface area contributed by atoms with Gasteiger partial charge in [0.25, 0.3) is 5.91 Å². The van der Waals surface area contributed by atoms with Gasteiger partial charge in [-0.05, 0) is 50.5 Å². The summed E-state index contributed by atoms with van der Waals surface area (Å²) in [6.45, 7) is 4.77. The highest BCUT2D eigenvalue weighted by atomic mass is 32.1. The number of rotatable bonds is 3. The van der Waals surface area contributed by atoms with Gasteiger partial charge in [-0.1, -0.05) is 12.1 Å². The third-order valence-corrected chi connectivity index (χ3v) is 5.72. The van der Waals surface area contributed by atoms with Gasteiger partial charge in [-0.3, -0.25) is 4.79 Å². The molecule has 5 heteroatoms. The first-order chi connectivity index (χ1) is 11.8. The first-order valence-corrected chi connectivity index (χ1v) is 9.44. The van der Waals surface area contributed by atoms with Crippen molar-refractivity contribution < 1.29 is 4.79 Å². The molecule has 0 radical (unpaired) electrons. The number of carbonyl (C=O) groups is 1. The van der Waals surface area contributed by atoms with Gasteiger partial charge < -0.3 is 9.47 Å². The van der Waals surface area contributed by atoms with Gasteiger partial charge in [0.2, 0.25) is 0 Å². The minimum absolute atomic E-state index is 0.171. The number of hydrogen-bond acceptors (Lipinski definition) is 3. The van der Waals surface area contributed by atoms with E-state index in [0.29, 0.717) is 0 Å². The highest BCUT2D eigenvalue weighted by molar-refractivity contribution is 7.17. The average molecular weight is 339 g/mol. The van der Waals surface area contributed by atoms with Crippen molar-refractivity contribution in [2.75, 3.05) is 13.1 Å². The molecule has 1 aromatic carbocycles. The summed E-state index contributed by atoms with van der Waals surface area (Å²) < 4.78 is 2.22. The van der Waals surface area contributed by atoms with E-state index in [1.54, 1.807) is 11.3 Å². The summed E-state index contributed by atoms with van der Waals surface area (Å²) in [6, 6.07) is 12.2. The first-order valence-electron chi connectivity index (χ1n) is 8.62. The fourth-order valence-electron chi connectivity index (χ4n) is 3.41. The van der Waals surface area contributed by atoms with Gasteiger partial charge >= 0.3 is 0 Å². The number of aromatic nitrogens is 2. The fourth-order valence-corrected chi connectivity index (χ4v) is 4.38. The summed E-state index contributed by atoms with van der Waals surface area (Å²) in [7, 11) is 0. The Morgan fingerprint density at radius 3 is 2.71 bits per heavy atom. The number of para-hydroxylation sites is 2. The van der Waals surface area contributed by atoms with E-state index in [4.69, 9.17) is 4.98 Å². The molecule has 3 heterocycles. The molecule has 2 aromatic heterocycles. The Morgan fingerprint density at radius 2 is 1.92 bits per heavy atom. The van der Waals surface area contributed by atoms with Crippen LogP contribution in [0.25, 0.3) is 21.7 Å². The Bertz CT molecular complexity index is 874. The molecule has 1 saturated heterocycles. The minimum Gasteiger partial charge on any atom is -0.338 e. The number of amides is 1. The average Bonchev–Trinajstić information content (AvgIpc) is 3.26. The second kappa shape index (κ2) is 6.40. The predicted molar refractivity (Wildman–Crippen MR) is 98.5 cm³/mol. The van der Waals surface area contributed by atoms with E-state index in [-0.39, 0.29) is 5.91 Å². The molecule has 0 atom stereocenters. The molecule has 0 N–H and O–H groups in total. The molecule has 1 aliphatic rings. The molecule has 1 fully saturated rings. The van der Waals surface area contributed by atoms with Crippen LogP contribution in [0.1, 0.15) is 35.9 Å². The molecule has 1 amide bonds. The Kier molecular flexibility index (Phi) is 4.10. The Hall–Kier alpha value is -2.14. The molecule has 0 unspecified atom stereocenters. The number of aryl methyl sites for hydroxylation is 1. The monoisotopic (exact) mass is 339 g/mol. The van der Waals surface area contributed by atoms with E-state index < -0.39 is 0 Å². The number of carbonyl (C=O) groups excluding carboxylic acids is 1. The SMILES string of the molecule is CCn1c(-c2ccc(C(=O)N3CCCCC3)s2)nc2ccccc21. The van der Waals surface area contributed by atoms with Gasteiger partial charge in [0.15, 0.2) is 5.82 Å². The van der Waals surface area contributed by atoms with Gasteiger partial charge in [0.1, 0.15) is 0 Å². The van der Waals surface area contributed by atoms with Crippen LogP contribution < -0.4 is 0 Å². The van der Waals surface area contributed by atoms with Crippen LogP contribution in [0, 0.1) is 0 Å². The van der Waals surface area contributed by atoms with Crippen molar-refractivity contribution in [3.8, 4) is 10.7 Å². The molecular formula is C19H21N3OS. The normalized spacial score (nSPS) is 15.1. The summed E-state index contributed by atoms with van der Waals surface area (Å²) in [6.07, 6.45) is 3.48. The predicted octanol–water partition coefficient (Wildman–Crippen LogP) is 4.41. The van der Waals surface area contributed by atoms with Crippen molar-refractivity contribution in [1.82, 2.24) is 14.5 Å². The summed E-state index contributed by atoms with van der Waals surface area (Å²) in [5.74, 6) is 1.13. The smallest absolute Gasteiger partial charge is 0.263 e. The van der Waals surface area contributed by atoms with Gasteiger partial charge in [-0.25, -0.2) is 4.98 Å². The molecule has 0 aliphatic carbocycles. The quantitative estimate of drug-likeness (QED) is 0.709. The van der Waals surface area contributed by atoms with Gasteiger partial charge in [0, 0.05) is 19.6 Å². The third-order valence-electron chi connectivity index (χ3n) is 4.65. The molecule has 0 saturated carbocycles. The van der Waals surface area contributed by atoms with Crippen molar-refractivity contribution in [3.63, 3.8) is 0 Å². The Labute approximate surface area is 145 Å². The Morgan fingerprint density at radius 1 is 1.12 bits per heavy atom. The van der Waals surface area contributed by atoms with E-state index in [1.807, 2.05) is 35.2 Å². The number of fused-ring (bicyclic) bond motifs is 1. The highest BCUT2D eigenvalue weighted by Crippen LogP contribution is 2.31. The molecule has 1 aliphatic heterocycles. The zero-order valence-electron chi connectivity index (χ0n) is 13.9. The van der Waals surface area contributed by atoms with Crippen molar-refractivity contribution in [2.45, 2.75) is 32.7 Å². The van der Waals surface area contributed by atoms with Gasteiger partial charge in [-0.2, -0.15) is 0 Å². The van der Waals surface area contributed by atoms with E-state index in [0.717, 1.165) is 59.1 Å². The van der Waals surface area contributed by atoms with Crippen LogP contribution in [-0.4, -0.2) is 33.4 Å². The molecule has 4 rings (SSSR count). The van der Waals surface area contributed by atoms with Crippen LogP contribution in [0.4, 0.5) is 0 Å². The van der Waals surface area contributed by atoms with Crippen LogP contribution in [0.5, 0.6) is 0 Å². The number of thiophene rings is 1. The second-order valence-electron chi connectivity index (χ2n) is 6.19. The van der Waals surface area contributed by atoms with Crippen molar-refractivity contribution in [3.05, 3.63) is 41.3 Å². The molecular weight excluding hydrogens is 318 g/mol. The maximum atomic E-state index is 12.7. The number of nitrogens with zero attached hydrogens (tertiary/aromatic N) is 3. The van der Waals surface area contributed by atoms with E-state index in [2.05, 4.69) is 17.6 Å². The lowest BCUT2D eigenvalue weighted by Crippen LogP contribution is -2.35. The van der Waals surface area contributed by atoms with E-state index in [1.165, 1.54) is 6.42 Å². The van der Waals surface area contributed by atoms with E-state index >= 15 is 0 Å². The second-order valence-corrected chi connectivity index (χ2v) is 7.27. The lowest BCUT2D eigenvalue weighted by Gasteiger charge is -2.26. The zero-order chi connectivity index (χ0) is 16.5. The number of imidazole rings is 1. The van der Waals surface area contributed by atoms with Crippen LogP contribution in [0.15, 0.2) is 36.4 Å². The number of likely N-dealkylation sites (tertiary alicyclic amines) is 1. The lowest BCUT2D eigenvalue weighted by molar-refractivity contribution is 0.0729. The number of hydrogen-bond donors (Lipinski definition) is 0. The molecule has 3 aromatic rings. The molecule has 4 nitrogen and oxygen atoms in total. The van der Waals surface area contributed by atoms with Gasteiger partial charge in [-0.15, -0.1) is 11.3 Å². The van der Waals surface area contributed by atoms with E-state index in [9.17, 15) is 4.79 Å². The standard InChI is InChI=1S/C19H21N3OS/c1-2-22-15-9-5-4-8-14(15)20-18(22)16-10-11-17(24-16)19(23)21-12-6-3-7-13-21/h4-5,8-11H,2-3,6-7,12-13H2,1H3.